The van der Waals surface area contributed by atoms with E-state index in [0.717, 1.165) is 5.39 Å². The SMILES string of the molecule is COc1cc2oc(=O)ccc2c(OC)c1Oc1ccc2ccc(=O)oc2c1. The number of fused-ring (bicyclic) bond motifs is 2. The van der Waals surface area contributed by atoms with E-state index in [1.165, 1.54) is 26.4 Å². The lowest BCUT2D eigenvalue weighted by molar-refractivity contribution is 0.348. The van der Waals surface area contributed by atoms with Crippen molar-refractivity contribution in [3.63, 3.8) is 0 Å². The molecular formula is C20H14O7. The molecule has 7 heteroatoms. The van der Waals surface area contributed by atoms with Gasteiger partial charge in [-0.1, -0.05) is 0 Å². The second kappa shape index (κ2) is 6.53. The molecule has 0 spiro atoms. The third kappa shape index (κ3) is 2.99. The van der Waals surface area contributed by atoms with Crippen molar-refractivity contribution in [2.24, 2.45) is 0 Å². The first-order chi connectivity index (χ1) is 13.1. The lowest BCUT2D eigenvalue weighted by atomic mass is 10.2. The Bertz CT molecular complexity index is 1270. The first-order valence-corrected chi connectivity index (χ1v) is 7.99. The molecule has 0 bridgehead atoms. The van der Waals surface area contributed by atoms with E-state index >= 15 is 0 Å². The van der Waals surface area contributed by atoms with Crippen molar-refractivity contribution >= 4 is 21.9 Å². The van der Waals surface area contributed by atoms with Crippen LogP contribution >= 0.6 is 0 Å². The van der Waals surface area contributed by atoms with E-state index in [1.807, 2.05) is 0 Å². The monoisotopic (exact) mass is 366 g/mol. The van der Waals surface area contributed by atoms with Crippen LogP contribution in [0.4, 0.5) is 0 Å². The smallest absolute Gasteiger partial charge is 0.336 e. The molecule has 0 N–H and O–H groups in total. The fraction of sp³-hybridized carbons (Fsp3) is 0.100. The normalized spacial score (nSPS) is 10.9. The van der Waals surface area contributed by atoms with Gasteiger partial charge in [0, 0.05) is 29.7 Å². The van der Waals surface area contributed by atoms with Crippen LogP contribution < -0.4 is 25.5 Å². The van der Waals surface area contributed by atoms with E-state index in [9.17, 15) is 9.59 Å². The predicted octanol–water partition coefficient (Wildman–Crippen LogP) is 3.71. The van der Waals surface area contributed by atoms with E-state index in [1.54, 1.807) is 36.4 Å². The summed E-state index contributed by atoms with van der Waals surface area (Å²) in [4.78, 5) is 22.9. The molecule has 0 radical (unpaired) electrons. The van der Waals surface area contributed by atoms with Crippen LogP contribution in [-0.4, -0.2) is 14.2 Å². The molecule has 0 atom stereocenters. The first-order valence-electron chi connectivity index (χ1n) is 7.99. The van der Waals surface area contributed by atoms with Crippen LogP contribution in [0.15, 0.2) is 67.0 Å². The summed E-state index contributed by atoms with van der Waals surface area (Å²) in [5, 5.41) is 1.32. The van der Waals surface area contributed by atoms with Crippen LogP contribution in [0.2, 0.25) is 0 Å². The quantitative estimate of drug-likeness (QED) is 0.509. The van der Waals surface area contributed by atoms with Gasteiger partial charge in [0.1, 0.15) is 16.9 Å². The van der Waals surface area contributed by atoms with Crippen molar-refractivity contribution in [2.75, 3.05) is 14.2 Å². The van der Waals surface area contributed by atoms with Crippen LogP contribution in [0.1, 0.15) is 0 Å². The topological polar surface area (TPSA) is 88.1 Å². The van der Waals surface area contributed by atoms with Crippen LogP contribution in [0.25, 0.3) is 21.9 Å². The van der Waals surface area contributed by atoms with Gasteiger partial charge >= 0.3 is 11.3 Å². The summed E-state index contributed by atoms with van der Waals surface area (Å²) < 4.78 is 27.2. The summed E-state index contributed by atoms with van der Waals surface area (Å²) in [5.41, 5.74) is -0.224. The summed E-state index contributed by atoms with van der Waals surface area (Å²) in [5.74, 6) is 1.40. The van der Waals surface area contributed by atoms with E-state index in [4.69, 9.17) is 23.0 Å². The third-order valence-electron chi connectivity index (χ3n) is 4.04. The molecule has 4 rings (SSSR count). The van der Waals surface area contributed by atoms with Crippen molar-refractivity contribution in [1.29, 1.82) is 0 Å². The zero-order chi connectivity index (χ0) is 19.0. The van der Waals surface area contributed by atoms with E-state index in [2.05, 4.69) is 0 Å². The molecule has 0 unspecified atom stereocenters. The van der Waals surface area contributed by atoms with Crippen LogP contribution in [-0.2, 0) is 0 Å². The molecule has 0 fully saturated rings. The first kappa shape index (κ1) is 16.7. The third-order valence-corrected chi connectivity index (χ3v) is 4.04. The van der Waals surface area contributed by atoms with Crippen molar-refractivity contribution in [1.82, 2.24) is 0 Å². The van der Waals surface area contributed by atoms with Gasteiger partial charge < -0.3 is 23.0 Å². The summed E-state index contributed by atoms with van der Waals surface area (Å²) in [6.07, 6.45) is 0. The average Bonchev–Trinajstić information content (AvgIpc) is 2.67. The molecular weight excluding hydrogens is 352 g/mol. The zero-order valence-electron chi connectivity index (χ0n) is 14.5. The van der Waals surface area contributed by atoms with Crippen molar-refractivity contribution in [3.05, 3.63) is 69.4 Å². The summed E-state index contributed by atoms with van der Waals surface area (Å²) in [7, 11) is 2.94. The van der Waals surface area contributed by atoms with Crippen LogP contribution in [0, 0.1) is 0 Å². The van der Waals surface area contributed by atoms with Crippen molar-refractivity contribution in [2.45, 2.75) is 0 Å². The number of hydrogen-bond acceptors (Lipinski definition) is 7. The maximum absolute atomic E-state index is 11.5. The highest BCUT2D eigenvalue weighted by atomic mass is 16.5. The number of hydrogen-bond donors (Lipinski definition) is 0. The number of benzene rings is 2. The zero-order valence-corrected chi connectivity index (χ0v) is 14.5. The minimum absolute atomic E-state index is 0.305. The molecule has 136 valence electrons. The number of rotatable bonds is 4. The Morgan fingerprint density at radius 2 is 1.44 bits per heavy atom. The summed E-state index contributed by atoms with van der Waals surface area (Å²) in [6, 6.07) is 12.6. The molecule has 0 aliphatic rings. The Balaban J connectivity index is 1.89. The Morgan fingerprint density at radius 1 is 0.741 bits per heavy atom. The standard InChI is InChI=1S/C20H14O7/c1-23-16-10-15-13(6-8-18(22)27-15)19(24-2)20(16)25-12-5-3-11-4-7-17(21)26-14(11)9-12/h3-10H,1-2H3. The van der Waals surface area contributed by atoms with Gasteiger partial charge in [0.05, 0.1) is 19.6 Å². The predicted molar refractivity (Wildman–Crippen MR) is 98.1 cm³/mol. The Labute approximate surface area is 152 Å². The van der Waals surface area contributed by atoms with Gasteiger partial charge in [0.2, 0.25) is 5.75 Å². The molecule has 2 aromatic heterocycles. The molecule has 2 aromatic carbocycles. The highest BCUT2D eigenvalue weighted by Gasteiger charge is 2.19. The maximum Gasteiger partial charge on any atom is 0.336 e. The van der Waals surface area contributed by atoms with Gasteiger partial charge in [-0.15, -0.1) is 0 Å². The fourth-order valence-electron chi connectivity index (χ4n) is 2.82. The van der Waals surface area contributed by atoms with Crippen molar-refractivity contribution in [3.8, 4) is 23.0 Å². The van der Waals surface area contributed by atoms with Crippen LogP contribution in [0.3, 0.4) is 0 Å². The van der Waals surface area contributed by atoms with Gasteiger partial charge in [-0.3, -0.25) is 0 Å². The second-order valence-corrected chi connectivity index (χ2v) is 5.66. The van der Waals surface area contributed by atoms with Gasteiger partial charge in [-0.05, 0) is 24.3 Å². The van der Waals surface area contributed by atoms with E-state index in [-0.39, 0.29) is 0 Å². The minimum Gasteiger partial charge on any atom is -0.493 e. The molecule has 7 nitrogen and oxygen atoms in total. The van der Waals surface area contributed by atoms with Crippen LogP contribution in [0.5, 0.6) is 23.0 Å². The minimum atomic E-state index is -0.482. The highest BCUT2D eigenvalue weighted by Crippen LogP contribution is 2.45. The lowest BCUT2D eigenvalue weighted by Gasteiger charge is -2.16. The maximum atomic E-state index is 11.5. The molecule has 0 aliphatic heterocycles. The summed E-state index contributed by atoms with van der Waals surface area (Å²) in [6.45, 7) is 0. The summed E-state index contributed by atoms with van der Waals surface area (Å²) >= 11 is 0. The van der Waals surface area contributed by atoms with Crippen molar-refractivity contribution < 1.29 is 23.0 Å². The van der Waals surface area contributed by atoms with Gasteiger partial charge in [0.25, 0.3) is 0 Å². The molecule has 0 saturated heterocycles. The highest BCUT2D eigenvalue weighted by molar-refractivity contribution is 5.89. The van der Waals surface area contributed by atoms with E-state index < -0.39 is 11.3 Å². The fourth-order valence-corrected chi connectivity index (χ4v) is 2.82. The largest absolute Gasteiger partial charge is 0.493 e. The van der Waals surface area contributed by atoms with Gasteiger partial charge in [-0.25, -0.2) is 9.59 Å². The number of methoxy groups -OCH3 is 2. The average molecular weight is 366 g/mol. The molecule has 0 saturated carbocycles. The number of ether oxygens (including phenoxy) is 3. The second-order valence-electron chi connectivity index (χ2n) is 5.66. The van der Waals surface area contributed by atoms with Gasteiger partial charge in [-0.2, -0.15) is 0 Å². The Kier molecular flexibility index (Phi) is 4.04. The molecule has 2 heterocycles. The lowest BCUT2D eigenvalue weighted by Crippen LogP contribution is -1.99. The molecule has 4 aromatic rings. The Hall–Kier alpha value is -3.74. The van der Waals surface area contributed by atoms with Gasteiger partial charge in [0.15, 0.2) is 11.5 Å². The molecule has 0 aliphatic carbocycles. The molecule has 27 heavy (non-hydrogen) atoms. The molecule has 0 amide bonds. The van der Waals surface area contributed by atoms with E-state index in [0.29, 0.717) is 39.6 Å². The Morgan fingerprint density at radius 3 is 2.19 bits per heavy atom.